The van der Waals surface area contributed by atoms with Crippen molar-refractivity contribution in [3.05, 3.63) is 57.6 Å². The number of benzene rings is 2. The molecular formula is C17H16ClNO2. The van der Waals surface area contributed by atoms with Gasteiger partial charge in [0.05, 0.1) is 17.7 Å². The maximum absolute atomic E-state index is 9.82. The second kappa shape index (κ2) is 6.17. The summed E-state index contributed by atoms with van der Waals surface area (Å²) in [5.74, 6) is 1.11. The Morgan fingerprint density at radius 2 is 1.81 bits per heavy atom. The first-order valence-electron chi connectivity index (χ1n) is 6.59. The molecule has 3 nitrogen and oxygen atoms in total. The highest BCUT2D eigenvalue weighted by Gasteiger charge is 2.12. The van der Waals surface area contributed by atoms with Crippen molar-refractivity contribution in [2.45, 2.75) is 26.9 Å². The minimum absolute atomic E-state index is 0.477. The van der Waals surface area contributed by atoms with E-state index in [1.807, 2.05) is 26.0 Å². The zero-order valence-electron chi connectivity index (χ0n) is 12.1. The van der Waals surface area contributed by atoms with Gasteiger partial charge in [-0.25, -0.2) is 0 Å². The molecule has 0 heterocycles. The molecule has 0 fully saturated rings. The summed E-state index contributed by atoms with van der Waals surface area (Å²) in [7, 11) is 0. The molecule has 0 spiro atoms. The molecule has 108 valence electrons. The number of aliphatic hydroxyl groups excluding tert-OH is 1. The SMILES string of the molecule is Cc1cc(Oc2cc(C#N)ccc2C(C)O)cc(C)c1Cl. The molecule has 1 atom stereocenters. The average molecular weight is 302 g/mol. The lowest BCUT2D eigenvalue weighted by Crippen LogP contribution is -1.97. The number of nitrogens with zero attached hydrogens (tertiary/aromatic N) is 1. The highest BCUT2D eigenvalue weighted by Crippen LogP contribution is 2.33. The van der Waals surface area contributed by atoms with Crippen molar-refractivity contribution in [3.8, 4) is 17.6 Å². The molecule has 0 bridgehead atoms. The van der Waals surface area contributed by atoms with Crippen molar-refractivity contribution in [2.75, 3.05) is 0 Å². The summed E-state index contributed by atoms with van der Waals surface area (Å²) in [6.07, 6.45) is -0.678. The molecular weight excluding hydrogens is 286 g/mol. The molecule has 0 aromatic heterocycles. The third-order valence-electron chi connectivity index (χ3n) is 3.23. The quantitative estimate of drug-likeness (QED) is 0.896. The van der Waals surface area contributed by atoms with Crippen LogP contribution in [0.2, 0.25) is 5.02 Å². The van der Waals surface area contributed by atoms with E-state index in [0.29, 0.717) is 27.6 Å². The molecule has 1 N–H and O–H groups in total. The lowest BCUT2D eigenvalue weighted by Gasteiger charge is -2.15. The molecule has 0 amide bonds. The molecule has 4 heteroatoms. The molecule has 2 aromatic rings. The van der Waals surface area contributed by atoms with Gasteiger partial charge in [0, 0.05) is 10.6 Å². The summed E-state index contributed by atoms with van der Waals surface area (Å²) in [5.41, 5.74) is 2.96. The van der Waals surface area contributed by atoms with Gasteiger partial charge >= 0.3 is 0 Å². The van der Waals surface area contributed by atoms with E-state index in [4.69, 9.17) is 21.6 Å². The van der Waals surface area contributed by atoms with Crippen LogP contribution >= 0.6 is 11.6 Å². The van der Waals surface area contributed by atoms with E-state index in [-0.39, 0.29) is 0 Å². The van der Waals surface area contributed by atoms with Gasteiger partial charge < -0.3 is 9.84 Å². The summed E-state index contributed by atoms with van der Waals surface area (Å²) >= 11 is 6.14. The fourth-order valence-corrected chi connectivity index (χ4v) is 2.24. The number of rotatable bonds is 3. The summed E-state index contributed by atoms with van der Waals surface area (Å²) in [6, 6.07) is 10.7. The van der Waals surface area contributed by atoms with Crippen LogP contribution in [0.5, 0.6) is 11.5 Å². The van der Waals surface area contributed by atoms with Gasteiger partial charge in [-0.05, 0) is 56.2 Å². The molecule has 21 heavy (non-hydrogen) atoms. The Morgan fingerprint density at radius 1 is 1.19 bits per heavy atom. The first-order valence-corrected chi connectivity index (χ1v) is 6.97. The third kappa shape index (κ3) is 3.36. The third-order valence-corrected chi connectivity index (χ3v) is 3.83. The maximum Gasteiger partial charge on any atom is 0.134 e. The first-order chi connectivity index (χ1) is 9.92. The Morgan fingerprint density at radius 3 is 2.33 bits per heavy atom. The first kappa shape index (κ1) is 15.4. The van der Waals surface area contributed by atoms with Gasteiger partial charge in [-0.3, -0.25) is 0 Å². The van der Waals surface area contributed by atoms with Crippen LogP contribution < -0.4 is 4.74 Å². The molecule has 2 aromatic carbocycles. The average Bonchev–Trinajstić information content (AvgIpc) is 2.44. The van der Waals surface area contributed by atoms with Gasteiger partial charge in [-0.15, -0.1) is 0 Å². The molecule has 0 aliphatic heterocycles. The van der Waals surface area contributed by atoms with Crippen LogP contribution in [0.3, 0.4) is 0 Å². The predicted octanol–water partition coefficient (Wildman–Crippen LogP) is 4.67. The van der Waals surface area contributed by atoms with Crippen molar-refractivity contribution < 1.29 is 9.84 Å². The van der Waals surface area contributed by atoms with Crippen LogP contribution in [-0.2, 0) is 0 Å². The van der Waals surface area contributed by atoms with E-state index >= 15 is 0 Å². The minimum atomic E-state index is -0.678. The van der Waals surface area contributed by atoms with E-state index in [1.54, 1.807) is 25.1 Å². The summed E-state index contributed by atoms with van der Waals surface area (Å²) in [6.45, 7) is 5.47. The highest BCUT2D eigenvalue weighted by atomic mass is 35.5. The molecule has 0 saturated heterocycles. The van der Waals surface area contributed by atoms with Crippen LogP contribution in [0, 0.1) is 25.2 Å². The Kier molecular flexibility index (Phi) is 4.52. The zero-order chi connectivity index (χ0) is 15.6. The minimum Gasteiger partial charge on any atom is -0.457 e. The summed E-state index contributed by atoms with van der Waals surface area (Å²) in [4.78, 5) is 0. The van der Waals surface area contributed by atoms with Gasteiger partial charge in [-0.1, -0.05) is 17.7 Å². The number of ether oxygens (including phenoxy) is 1. The zero-order valence-corrected chi connectivity index (χ0v) is 12.9. The van der Waals surface area contributed by atoms with Crippen LogP contribution in [0.4, 0.5) is 0 Å². The Hall–Kier alpha value is -2.02. The Balaban J connectivity index is 2.45. The number of hydrogen-bond acceptors (Lipinski definition) is 3. The topological polar surface area (TPSA) is 53.2 Å². The van der Waals surface area contributed by atoms with Gasteiger partial charge in [0.1, 0.15) is 11.5 Å². The normalized spacial score (nSPS) is 11.8. The number of aryl methyl sites for hydroxylation is 2. The largest absolute Gasteiger partial charge is 0.457 e. The second-order valence-corrected chi connectivity index (χ2v) is 5.39. The van der Waals surface area contributed by atoms with E-state index in [2.05, 4.69) is 6.07 Å². The Bertz CT molecular complexity index is 694. The smallest absolute Gasteiger partial charge is 0.134 e. The van der Waals surface area contributed by atoms with Crippen molar-refractivity contribution in [2.24, 2.45) is 0 Å². The lowest BCUT2D eigenvalue weighted by molar-refractivity contribution is 0.195. The van der Waals surface area contributed by atoms with Gasteiger partial charge in [0.25, 0.3) is 0 Å². The van der Waals surface area contributed by atoms with Gasteiger partial charge in [0.2, 0.25) is 0 Å². The van der Waals surface area contributed by atoms with Crippen molar-refractivity contribution in [3.63, 3.8) is 0 Å². The predicted molar refractivity (Wildman–Crippen MR) is 82.8 cm³/mol. The van der Waals surface area contributed by atoms with E-state index < -0.39 is 6.10 Å². The fraction of sp³-hybridized carbons (Fsp3) is 0.235. The molecule has 0 aliphatic rings. The van der Waals surface area contributed by atoms with Crippen molar-refractivity contribution >= 4 is 11.6 Å². The van der Waals surface area contributed by atoms with Crippen LogP contribution in [0.15, 0.2) is 30.3 Å². The van der Waals surface area contributed by atoms with E-state index in [9.17, 15) is 5.11 Å². The van der Waals surface area contributed by atoms with Crippen molar-refractivity contribution in [1.29, 1.82) is 5.26 Å². The lowest BCUT2D eigenvalue weighted by atomic mass is 10.1. The number of hydrogen-bond donors (Lipinski definition) is 1. The molecule has 2 rings (SSSR count). The fourth-order valence-electron chi connectivity index (χ4n) is 2.13. The van der Waals surface area contributed by atoms with Gasteiger partial charge in [0.15, 0.2) is 0 Å². The van der Waals surface area contributed by atoms with E-state index in [0.717, 1.165) is 11.1 Å². The molecule has 0 aliphatic carbocycles. The number of aliphatic hydroxyl groups is 1. The van der Waals surface area contributed by atoms with Crippen LogP contribution in [0.25, 0.3) is 0 Å². The molecule has 0 radical (unpaired) electrons. The molecule has 0 saturated carbocycles. The van der Waals surface area contributed by atoms with E-state index in [1.165, 1.54) is 0 Å². The maximum atomic E-state index is 9.82. The Labute approximate surface area is 129 Å². The van der Waals surface area contributed by atoms with Gasteiger partial charge in [-0.2, -0.15) is 5.26 Å². The summed E-state index contributed by atoms with van der Waals surface area (Å²) < 4.78 is 5.86. The van der Waals surface area contributed by atoms with Crippen LogP contribution in [0.1, 0.15) is 35.3 Å². The number of nitriles is 1. The highest BCUT2D eigenvalue weighted by molar-refractivity contribution is 6.32. The standard InChI is InChI=1S/C17H16ClNO2/c1-10-6-14(7-11(2)17(10)18)21-16-8-13(9-19)4-5-15(16)12(3)20/h4-8,12,20H,1-3H3. The second-order valence-electron chi connectivity index (χ2n) is 5.01. The monoisotopic (exact) mass is 301 g/mol. The number of halogens is 1. The van der Waals surface area contributed by atoms with Crippen molar-refractivity contribution in [1.82, 2.24) is 0 Å². The molecule has 1 unspecified atom stereocenters. The summed E-state index contributed by atoms with van der Waals surface area (Å²) in [5, 5.41) is 19.5. The van der Waals surface area contributed by atoms with Crippen LogP contribution in [-0.4, -0.2) is 5.11 Å².